The van der Waals surface area contributed by atoms with Gasteiger partial charge in [-0.1, -0.05) is 72.0 Å². The van der Waals surface area contributed by atoms with Crippen LogP contribution in [0.3, 0.4) is 0 Å². The maximum Gasteiger partial charge on any atom is 0.263 e. The van der Waals surface area contributed by atoms with Gasteiger partial charge in [-0.2, -0.15) is 4.57 Å². The molecule has 5 rings (SSSR count). The van der Waals surface area contributed by atoms with E-state index in [2.05, 4.69) is 127 Å². The van der Waals surface area contributed by atoms with Crippen LogP contribution >= 0.6 is 11.3 Å². The first-order chi connectivity index (χ1) is 15.2. The predicted molar refractivity (Wildman–Crippen MR) is 135 cm³/mol. The SMILES string of the molecule is CN(C)c1ccc(/C=C/c2sc3ccccc3[n+]2Cc2ccc3ccccc3c2)cc1.[Br-]. The number of hydrogen-bond donors (Lipinski definition) is 0. The Bertz CT molecular complexity index is 1380. The van der Waals surface area contributed by atoms with Gasteiger partial charge in [0.05, 0.1) is 0 Å². The Kier molecular flexibility index (Phi) is 6.73. The van der Waals surface area contributed by atoms with Gasteiger partial charge in [-0.25, -0.2) is 0 Å². The first-order valence-electron chi connectivity index (χ1n) is 10.5. The van der Waals surface area contributed by atoms with Crippen molar-refractivity contribution in [2.75, 3.05) is 19.0 Å². The van der Waals surface area contributed by atoms with Crippen molar-refractivity contribution < 1.29 is 21.5 Å². The minimum absolute atomic E-state index is 0. The maximum absolute atomic E-state index is 2.43. The van der Waals surface area contributed by atoms with Crippen LogP contribution in [0.2, 0.25) is 0 Å². The summed E-state index contributed by atoms with van der Waals surface area (Å²) in [5.41, 5.74) is 5.02. The van der Waals surface area contributed by atoms with Gasteiger partial charge >= 0.3 is 0 Å². The second kappa shape index (κ2) is 9.68. The first kappa shape index (κ1) is 22.3. The van der Waals surface area contributed by atoms with Crippen molar-refractivity contribution in [3.63, 3.8) is 0 Å². The number of halogens is 1. The summed E-state index contributed by atoms with van der Waals surface area (Å²) >= 11 is 1.84. The standard InChI is InChI=1S/C28H25N2S.BrH/c1-29(2)25-16-12-21(13-17-25)14-18-28-30(26-9-5-6-10-27(26)31-28)20-22-11-15-23-7-3-4-8-24(23)19-22;/h3-19H,20H2,1-2H3;1H/q+1;/p-1. The van der Waals surface area contributed by atoms with E-state index in [1.54, 1.807) is 0 Å². The molecule has 32 heavy (non-hydrogen) atoms. The third-order valence-electron chi connectivity index (χ3n) is 5.62. The number of hydrogen-bond acceptors (Lipinski definition) is 2. The second-order valence-corrected chi connectivity index (χ2v) is 9.06. The summed E-state index contributed by atoms with van der Waals surface area (Å²) in [5.74, 6) is 0. The molecular formula is C28H25BrN2S. The average Bonchev–Trinajstić information content (AvgIpc) is 3.15. The van der Waals surface area contributed by atoms with Gasteiger partial charge in [-0.15, -0.1) is 0 Å². The molecule has 0 aliphatic rings. The summed E-state index contributed by atoms with van der Waals surface area (Å²) in [4.78, 5) is 2.12. The summed E-state index contributed by atoms with van der Waals surface area (Å²) in [5, 5.41) is 3.83. The zero-order valence-electron chi connectivity index (χ0n) is 18.2. The van der Waals surface area contributed by atoms with Crippen LogP contribution in [-0.2, 0) is 6.54 Å². The number of rotatable bonds is 5. The van der Waals surface area contributed by atoms with Gasteiger partial charge in [0.25, 0.3) is 5.01 Å². The molecule has 1 heterocycles. The lowest BCUT2D eigenvalue weighted by Gasteiger charge is -2.11. The lowest BCUT2D eigenvalue weighted by molar-refractivity contribution is -0.659. The Morgan fingerprint density at radius 1 is 0.781 bits per heavy atom. The zero-order valence-corrected chi connectivity index (χ0v) is 20.6. The maximum atomic E-state index is 2.43. The molecule has 0 saturated carbocycles. The minimum Gasteiger partial charge on any atom is -1.00 e. The number of para-hydroxylation sites is 1. The van der Waals surface area contributed by atoms with E-state index in [9.17, 15) is 0 Å². The van der Waals surface area contributed by atoms with Gasteiger partial charge in [0, 0.05) is 37.5 Å². The minimum atomic E-state index is 0. The lowest BCUT2D eigenvalue weighted by atomic mass is 10.1. The Hall–Kier alpha value is -2.95. The highest BCUT2D eigenvalue weighted by molar-refractivity contribution is 7.18. The van der Waals surface area contributed by atoms with Crippen LogP contribution in [-0.4, -0.2) is 14.1 Å². The molecule has 0 amide bonds. The van der Waals surface area contributed by atoms with Crippen molar-refractivity contribution in [1.29, 1.82) is 0 Å². The molecule has 0 N–H and O–H groups in total. The molecule has 0 bridgehead atoms. The monoisotopic (exact) mass is 500 g/mol. The number of aromatic nitrogens is 1. The summed E-state index contributed by atoms with van der Waals surface area (Å²) in [7, 11) is 4.13. The number of benzene rings is 4. The van der Waals surface area contributed by atoms with E-state index >= 15 is 0 Å². The van der Waals surface area contributed by atoms with E-state index in [0.29, 0.717) is 0 Å². The van der Waals surface area contributed by atoms with Crippen molar-refractivity contribution in [3.05, 3.63) is 107 Å². The van der Waals surface area contributed by atoms with E-state index in [-0.39, 0.29) is 17.0 Å². The zero-order chi connectivity index (χ0) is 21.2. The molecule has 160 valence electrons. The van der Waals surface area contributed by atoms with E-state index < -0.39 is 0 Å². The first-order valence-corrected chi connectivity index (χ1v) is 11.3. The van der Waals surface area contributed by atoms with Gasteiger partial charge in [-0.3, -0.25) is 0 Å². The van der Waals surface area contributed by atoms with Gasteiger partial charge in [-0.05, 0) is 46.7 Å². The second-order valence-electron chi connectivity index (χ2n) is 7.99. The molecule has 1 aromatic heterocycles. The molecule has 4 aromatic carbocycles. The van der Waals surface area contributed by atoms with E-state index in [1.807, 2.05) is 11.3 Å². The fourth-order valence-corrected chi connectivity index (χ4v) is 4.97. The van der Waals surface area contributed by atoms with Crippen LogP contribution in [0.25, 0.3) is 33.1 Å². The van der Waals surface area contributed by atoms with Crippen molar-refractivity contribution in [1.82, 2.24) is 0 Å². The molecular weight excluding hydrogens is 476 g/mol. The Morgan fingerprint density at radius 2 is 1.50 bits per heavy atom. The third-order valence-corrected chi connectivity index (χ3v) is 6.75. The molecule has 2 nitrogen and oxygen atoms in total. The van der Waals surface area contributed by atoms with E-state index in [0.717, 1.165) is 6.54 Å². The van der Waals surface area contributed by atoms with Crippen molar-refractivity contribution in [3.8, 4) is 0 Å². The largest absolute Gasteiger partial charge is 1.00 e. The third kappa shape index (κ3) is 4.62. The molecule has 0 saturated heterocycles. The summed E-state index contributed by atoms with van der Waals surface area (Å²) in [6.45, 7) is 0.855. The molecule has 4 heteroatoms. The Morgan fingerprint density at radius 3 is 2.28 bits per heavy atom. The van der Waals surface area contributed by atoms with E-state index in [1.165, 1.54) is 42.8 Å². The summed E-state index contributed by atoms with van der Waals surface area (Å²) < 4.78 is 3.74. The number of thiazole rings is 1. The molecule has 0 fully saturated rings. The summed E-state index contributed by atoms with van der Waals surface area (Å²) in [6, 6.07) is 32.7. The van der Waals surface area contributed by atoms with Crippen LogP contribution in [0.4, 0.5) is 5.69 Å². The molecule has 0 atom stereocenters. The highest BCUT2D eigenvalue weighted by Gasteiger charge is 2.18. The molecule has 0 aliphatic carbocycles. The van der Waals surface area contributed by atoms with Crippen LogP contribution in [0.5, 0.6) is 0 Å². The predicted octanol–water partition coefficient (Wildman–Crippen LogP) is 3.63. The highest BCUT2D eigenvalue weighted by Crippen LogP contribution is 2.24. The van der Waals surface area contributed by atoms with Crippen LogP contribution in [0, 0.1) is 0 Å². The summed E-state index contributed by atoms with van der Waals surface area (Å²) in [6.07, 6.45) is 4.46. The topological polar surface area (TPSA) is 7.12 Å². The fraction of sp³-hybridized carbons (Fsp3) is 0.107. The molecule has 0 unspecified atom stereocenters. The average molecular weight is 501 g/mol. The van der Waals surface area contributed by atoms with Gasteiger partial charge < -0.3 is 21.9 Å². The quantitative estimate of drug-likeness (QED) is 0.334. The number of anilines is 1. The molecule has 0 aliphatic heterocycles. The number of nitrogens with zero attached hydrogens (tertiary/aromatic N) is 2. The van der Waals surface area contributed by atoms with Crippen LogP contribution in [0.1, 0.15) is 16.1 Å². The van der Waals surface area contributed by atoms with Crippen molar-refractivity contribution in [2.24, 2.45) is 0 Å². The molecule has 0 spiro atoms. The normalized spacial score (nSPS) is 11.2. The lowest BCUT2D eigenvalue weighted by Crippen LogP contribution is -3.00. The number of fused-ring (bicyclic) bond motifs is 2. The Balaban J connectivity index is 0.00000245. The highest BCUT2D eigenvalue weighted by atomic mass is 79.9. The fourth-order valence-electron chi connectivity index (χ4n) is 3.91. The Labute approximate surface area is 203 Å². The van der Waals surface area contributed by atoms with Gasteiger partial charge in [0.1, 0.15) is 4.70 Å². The molecule has 0 radical (unpaired) electrons. The van der Waals surface area contributed by atoms with Gasteiger partial charge in [0.15, 0.2) is 6.54 Å². The van der Waals surface area contributed by atoms with E-state index in [4.69, 9.17) is 0 Å². The van der Waals surface area contributed by atoms with Crippen LogP contribution in [0.15, 0.2) is 91.0 Å². The van der Waals surface area contributed by atoms with Crippen molar-refractivity contribution >= 4 is 50.2 Å². The molecule has 5 aromatic rings. The van der Waals surface area contributed by atoms with Crippen molar-refractivity contribution in [2.45, 2.75) is 6.54 Å². The van der Waals surface area contributed by atoms with Crippen LogP contribution < -0.4 is 26.4 Å². The van der Waals surface area contributed by atoms with Gasteiger partial charge in [0.2, 0.25) is 5.52 Å². The smallest absolute Gasteiger partial charge is 0.263 e.